The molecule has 3 rings (SSSR count). The molecule has 0 bridgehead atoms. The van der Waals surface area contributed by atoms with Crippen LogP contribution in [0.5, 0.6) is 0 Å². The Kier molecular flexibility index (Phi) is 32.9. The average Bonchev–Trinajstić information content (AvgIpc) is 3.95. The normalized spacial score (nSPS) is 10.6. The van der Waals surface area contributed by atoms with Crippen molar-refractivity contribution in [3.63, 3.8) is 0 Å². The SMILES string of the molecule is C#CCCCc1cn(C(=O)OC(C)(C)C)c(N)n1.CCCCCC(=O)CN=[N+]=[N-].CCCCCCCCCCCCCCCC(=O)Cn1cc(CCCc2cnc(N)[nH]2)nn1.Cl. The average molecular weight is 886 g/mol. The second-order valence-corrected chi connectivity index (χ2v) is 16.5. The van der Waals surface area contributed by atoms with E-state index in [1.165, 1.54) is 75.2 Å². The van der Waals surface area contributed by atoms with Crippen LogP contribution in [0.2, 0.25) is 0 Å². The molecule has 17 heteroatoms. The lowest BCUT2D eigenvalue weighted by Gasteiger charge is -2.19. The molecule has 5 N–H and O–H groups in total. The standard InChI is InChI=1S/C25H44N6O.C13H19N3O2.C7H13N3O.ClH/c1-2-3-4-5-6-7-8-9-10-11-12-13-14-18-24(32)21-31-20-23(29-30-31)17-15-16-22-19-27-25(26)28-22;1-5-6-7-8-10-9-16(11(14)15-10)12(17)18-13(2,3)4;1-2-3-4-5-7(11)6-9-10-8;/h19-20H,2-18,21H2,1H3,(H3,26,27,28);1,9H,6-8H2,2-4H3,(H2,14,15);2-6H2,1H3;1H. The third-order valence-electron chi connectivity index (χ3n) is 9.51. The fourth-order valence-electron chi connectivity index (χ4n) is 6.25. The number of anilines is 2. The van der Waals surface area contributed by atoms with Crippen molar-refractivity contribution in [2.24, 2.45) is 5.11 Å². The number of Topliss-reactive ketones (excluding diaryl/α,β-unsaturated/α-hetero) is 2. The number of azide groups is 1. The summed E-state index contributed by atoms with van der Waals surface area (Å²) in [6, 6.07) is 0. The largest absolute Gasteiger partial charge is 0.443 e. The van der Waals surface area contributed by atoms with Crippen LogP contribution in [0.25, 0.3) is 10.4 Å². The molecule has 0 aromatic carbocycles. The molecule has 0 aliphatic carbocycles. The van der Waals surface area contributed by atoms with Crippen LogP contribution in [0.3, 0.4) is 0 Å². The molecule has 0 amide bonds. The Morgan fingerprint density at radius 1 is 0.823 bits per heavy atom. The fourth-order valence-corrected chi connectivity index (χ4v) is 6.25. The van der Waals surface area contributed by atoms with Crippen LogP contribution in [0.4, 0.5) is 16.7 Å². The number of H-pyrrole nitrogens is 1. The molecule has 3 heterocycles. The van der Waals surface area contributed by atoms with Gasteiger partial charge in [-0.1, -0.05) is 114 Å². The second kappa shape index (κ2) is 35.7. The van der Waals surface area contributed by atoms with Crippen molar-refractivity contribution >= 4 is 42.0 Å². The molecule has 62 heavy (non-hydrogen) atoms. The van der Waals surface area contributed by atoms with E-state index < -0.39 is 11.7 Å². The predicted octanol–water partition coefficient (Wildman–Crippen LogP) is 10.9. The Labute approximate surface area is 376 Å². The maximum Gasteiger partial charge on any atom is 0.421 e. The number of terminal acetylenes is 1. The van der Waals surface area contributed by atoms with E-state index in [-0.39, 0.29) is 36.5 Å². The van der Waals surface area contributed by atoms with Gasteiger partial charge in [-0.2, -0.15) is 0 Å². The van der Waals surface area contributed by atoms with E-state index in [1.807, 2.05) is 6.20 Å². The summed E-state index contributed by atoms with van der Waals surface area (Å²) in [5.41, 5.74) is 21.3. The van der Waals surface area contributed by atoms with E-state index in [9.17, 15) is 14.4 Å². The lowest BCUT2D eigenvalue weighted by molar-refractivity contribution is -0.120. The van der Waals surface area contributed by atoms with Crippen molar-refractivity contribution in [1.29, 1.82) is 0 Å². The zero-order valence-electron chi connectivity index (χ0n) is 38.4. The van der Waals surface area contributed by atoms with Gasteiger partial charge in [-0.05, 0) is 71.2 Å². The summed E-state index contributed by atoms with van der Waals surface area (Å²) >= 11 is 0. The number of carbonyl (C=O) groups is 3. The quantitative estimate of drug-likeness (QED) is 0.0196. The summed E-state index contributed by atoms with van der Waals surface area (Å²) in [5, 5.41) is 11.5. The zero-order valence-corrected chi connectivity index (χ0v) is 39.2. The minimum absolute atomic E-state index is 0. The van der Waals surface area contributed by atoms with E-state index in [0.29, 0.717) is 38.2 Å². The van der Waals surface area contributed by atoms with Crippen LogP contribution in [0, 0.1) is 12.3 Å². The van der Waals surface area contributed by atoms with Crippen LogP contribution in [-0.4, -0.2) is 64.3 Å². The number of ether oxygens (including phenoxy) is 1. The van der Waals surface area contributed by atoms with Gasteiger partial charge in [-0.25, -0.2) is 24.0 Å². The molecule has 0 radical (unpaired) electrons. The summed E-state index contributed by atoms with van der Waals surface area (Å²) in [4.78, 5) is 48.5. The summed E-state index contributed by atoms with van der Waals surface area (Å²) < 4.78 is 8.11. The number of imidazole rings is 2. The first-order valence-corrected chi connectivity index (χ1v) is 22.5. The summed E-state index contributed by atoms with van der Waals surface area (Å²) in [6.07, 6.45) is 36.2. The smallest absolute Gasteiger partial charge is 0.421 e. The number of nitrogens with two attached hydrogens (primary N) is 2. The second-order valence-electron chi connectivity index (χ2n) is 16.5. The number of aromatic nitrogens is 7. The van der Waals surface area contributed by atoms with E-state index in [1.54, 1.807) is 37.8 Å². The lowest BCUT2D eigenvalue weighted by atomic mass is 10.0. The van der Waals surface area contributed by atoms with Gasteiger partial charge in [-0.3, -0.25) is 9.59 Å². The number of nitrogens with zero attached hydrogens (tertiary/aromatic N) is 9. The molecule has 0 saturated carbocycles. The first-order chi connectivity index (χ1) is 29.3. The fraction of sp³-hybridized carbons (Fsp3) is 0.711. The number of ketones is 2. The van der Waals surface area contributed by atoms with Crippen LogP contribution >= 0.6 is 12.4 Å². The molecule has 0 aliphatic heterocycles. The van der Waals surface area contributed by atoms with E-state index in [4.69, 9.17) is 28.2 Å². The Bertz CT molecular complexity index is 1730. The maximum absolute atomic E-state index is 12.2. The lowest BCUT2D eigenvalue weighted by Crippen LogP contribution is -2.27. The molecule has 0 saturated heterocycles. The van der Waals surface area contributed by atoms with Gasteiger partial charge in [0, 0.05) is 42.3 Å². The maximum atomic E-state index is 12.2. The number of unbranched alkanes of at least 4 members (excludes halogenated alkanes) is 15. The van der Waals surface area contributed by atoms with Crippen LogP contribution in [0.1, 0.15) is 187 Å². The van der Waals surface area contributed by atoms with Crippen molar-refractivity contribution in [1.82, 2.24) is 34.5 Å². The third kappa shape index (κ3) is 30.2. The van der Waals surface area contributed by atoms with Gasteiger partial charge in [0.15, 0.2) is 11.7 Å². The van der Waals surface area contributed by atoms with Gasteiger partial charge in [0.1, 0.15) is 17.9 Å². The highest BCUT2D eigenvalue weighted by Gasteiger charge is 2.20. The molecule has 0 unspecified atom stereocenters. The molecule has 3 aromatic rings. The monoisotopic (exact) mass is 885 g/mol. The topological polar surface area (TPSA) is 238 Å². The molecule has 16 nitrogen and oxygen atoms in total. The number of nitrogen functional groups attached to an aromatic ring is 2. The van der Waals surface area contributed by atoms with Crippen LogP contribution < -0.4 is 11.5 Å². The molecule has 0 fully saturated rings. The van der Waals surface area contributed by atoms with Gasteiger partial charge in [0.25, 0.3) is 0 Å². The minimum Gasteiger partial charge on any atom is -0.443 e. The van der Waals surface area contributed by atoms with Crippen molar-refractivity contribution < 1.29 is 19.1 Å². The molecule has 348 valence electrons. The zero-order chi connectivity index (χ0) is 45.1. The Balaban J connectivity index is 0.00000104. The number of halogens is 1. The third-order valence-corrected chi connectivity index (χ3v) is 9.51. The summed E-state index contributed by atoms with van der Waals surface area (Å²) in [5.74, 6) is 3.43. The number of carbonyl (C=O) groups excluding carboxylic acids is 3. The van der Waals surface area contributed by atoms with Gasteiger partial charge < -0.3 is 21.2 Å². The first-order valence-electron chi connectivity index (χ1n) is 22.5. The number of hydrogen-bond donors (Lipinski definition) is 3. The highest BCUT2D eigenvalue weighted by atomic mass is 35.5. The van der Waals surface area contributed by atoms with Gasteiger partial charge in [-0.15, -0.1) is 29.8 Å². The van der Waals surface area contributed by atoms with Crippen LogP contribution in [-0.2, 0) is 40.1 Å². The van der Waals surface area contributed by atoms with E-state index in [0.717, 1.165) is 74.9 Å². The van der Waals surface area contributed by atoms with E-state index in [2.05, 4.69) is 55.1 Å². The Morgan fingerprint density at radius 3 is 1.95 bits per heavy atom. The predicted molar refractivity (Wildman–Crippen MR) is 251 cm³/mol. The number of hydrogen-bond acceptors (Lipinski definition) is 11. The highest BCUT2D eigenvalue weighted by molar-refractivity contribution is 5.85. The first kappa shape index (κ1) is 57.1. The van der Waals surface area contributed by atoms with Crippen molar-refractivity contribution in [2.45, 2.75) is 201 Å². The molecular formula is C45H77ClN12O4. The molecule has 3 aromatic heterocycles. The van der Waals surface area contributed by atoms with Crippen molar-refractivity contribution in [2.75, 3.05) is 18.0 Å². The molecule has 0 atom stereocenters. The Hall–Kier alpha value is -4.87. The summed E-state index contributed by atoms with van der Waals surface area (Å²) in [7, 11) is 0. The van der Waals surface area contributed by atoms with Crippen molar-refractivity contribution in [3.05, 3.63) is 46.1 Å². The van der Waals surface area contributed by atoms with E-state index >= 15 is 0 Å². The number of aryl methyl sites for hydroxylation is 3. The van der Waals surface area contributed by atoms with Gasteiger partial charge in [0.2, 0.25) is 5.95 Å². The number of rotatable bonds is 29. The number of nitrogens with one attached hydrogen (secondary N) is 1. The molecule has 0 spiro atoms. The molecule has 0 aliphatic rings. The highest BCUT2D eigenvalue weighted by Crippen LogP contribution is 2.15. The minimum atomic E-state index is -0.558. The number of aromatic amines is 1. The van der Waals surface area contributed by atoms with Crippen molar-refractivity contribution in [3.8, 4) is 12.3 Å². The molecular weight excluding hydrogens is 808 g/mol. The van der Waals surface area contributed by atoms with Crippen LogP contribution in [0.15, 0.2) is 23.7 Å². The van der Waals surface area contributed by atoms with Gasteiger partial charge in [0.05, 0.1) is 24.1 Å². The Morgan fingerprint density at radius 2 is 1.39 bits per heavy atom. The van der Waals surface area contributed by atoms with Gasteiger partial charge >= 0.3 is 6.09 Å². The summed E-state index contributed by atoms with van der Waals surface area (Å²) in [6.45, 7) is 10.1.